The van der Waals surface area contributed by atoms with Crippen molar-refractivity contribution in [3.8, 4) is 6.07 Å². The van der Waals surface area contributed by atoms with E-state index in [0.29, 0.717) is 20.5 Å². The number of fused-ring (bicyclic) bond motifs is 1. The first-order chi connectivity index (χ1) is 16.5. The number of allylic oxidation sites excluding steroid dienone is 1. The van der Waals surface area contributed by atoms with Crippen LogP contribution in [0.2, 0.25) is 0 Å². The van der Waals surface area contributed by atoms with Crippen LogP contribution in [0.15, 0.2) is 74.1 Å². The molecule has 4 heterocycles. The van der Waals surface area contributed by atoms with Crippen molar-refractivity contribution in [2.24, 2.45) is 5.73 Å². The zero-order valence-corrected chi connectivity index (χ0v) is 21.4. The van der Waals surface area contributed by atoms with E-state index in [1.54, 1.807) is 18.2 Å². The molecule has 1 aliphatic heterocycles. The number of nitrogens with zero attached hydrogens (tertiary/aromatic N) is 2. The summed E-state index contributed by atoms with van der Waals surface area (Å²) in [5, 5.41) is 16.8. The fourth-order valence-corrected chi connectivity index (χ4v) is 6.75. The number of thiazole rings is 1. The van der Waals surface area contributed by atoms with E-state index in [-0.39, 0.29) is 17.0 Å². The molecular weight excluding hydrogens is 552 g/mol. The van der Waals surface area contributed by atoms with E-state index in [1.807, 2.05) is 47.2 Å². The number of aromatic nitrogens is 1. The first kappa shape index (κ1) is 22.6. The molecule has 1 amide bonds. The van der Waals surface area contributed by atoms with E-state index in [1.165, 1.54) is 38.6 Å². The lowest BCUT2D eigenvalue weighted by Gasteiger charge is -2.24. The molecule has 34 heavy (non-hydrogen) atoms. The maximum atomic E-state index is 13.7. The molecule has 1 aromatic carbocycles. The van der Waals surface area contributed by atoms with E-state index in [2.05, 4.69) is 27.3 Å². The molecule has 10 heteroatoms. The molecule has 3 aromatic heterocycles. The number of nitrogens with two attached hydrogens (primary N) is 1. The van der Waals surface area contributed by atoms with Gasteiger partial charge in [-0.2, -0.15) is 5.26 Å². The van der Waals surface area contributed by atoms with Gasteiger partial charge in [-0.25, -0.2) is 0 Å². The fourth-order valence-electron chi connectivity index (χ4n) is 3.74. The van der Waals surface area contributed by atoms with Gasteiger partial charge >= 0.3 is 0 Å². The highest BCUT2D eigenvalue weighted by Crippen LogP contribution is 2.38. The second kappa shape index (κ2) is 9.19. The van der Waals surface area contributed by atoms with E-state index in [4.69, 9.17) is 5.73 Å². The predicted molar refractivity (Wildman–Crippen MR) is 142 cm³/mol. The van der Waals surface area contributed by atoms with Gasteiger partial charge in [-0.15, -0.1) is 34.0 Å². The number of hydrogen-bond acceptors (Lipinski definition) is 7. The molecule has 3 N–H and O–H groups in total. The molecular formula is C24H15BrN4O2S3. The highest BCUT2D eigenvalue weighted by molar-refractivity contribution is 9.10. The minimum absolute atomic E-state index is 0.0585. The lowest BCUT2D eigenvalue weighted by molar-refractivity contribution is -0.111. The second-order valence-electron chi connectivity index (χ2n) is 7.31. The van der Waals surface area contributed by atoms with Gasteiger partial charge in [0.1, 0.15) is 10.5 Å². The predicted octanol–water partition coefficient (Wildman–Crippen LogP) is 3.86. The van der Waals surface area contributed by atoms with Crippen LogP contribution in [0.1, 0.15) is 15.7 Å². The third-order valence-electron chi connectivity index (χ3n) is 5.26. The van der Waals surface area contributed by atoms with Gasteiger partial charge in [0.25, 0.3) is 11.5 Å². The molecule has 168 valence electrons. The van der Waals surface area contributed by atoms with Gasteiger partial charge in [-0.3, -0.25) is 14.2 Å². The molecule has 0 aliphatic carbocycles. The number of carbonyl (C=O) groups is 1. The van der Waals surface area contributed by atoms with Crippen molar-refractivity contribution in [1.82, 2.24) is 4.57 Å². The van der Waals surface area contributed by atoms with Crippen molar-refractivity contribution in [2.75, 3.05) is 5.32 Å². The molecule has 1 aliphatic rings. The highest BCUT2D eigenvalue weighted by atomic mass is 79.9. The largest absolute Gasteiger partial charge is 0.384 e. The Balaban J connectivity index is 1.79. The van der Waals surface area contributed by atoms with Gasteiger partial charge in [0.05, 0.1) is 27.7 Å². The lowest BCUT2D eigenvalue weighted by Crippen LogP contribution is -2.40. The molecule has 0 spiro atoms. The van der Waals surface area contributed by atoms with Crippen LogP contribution >= 0.6 is 49.9 Å². The number of rotatable bonds is 4. The number of amides is 1. The molecule has 0 fully saturated rings. The summed E-state index contributed by atoms with van der Waals surface area (Å²) >= 11 is 7.54. The summed E-state index contributed by atoms with van der Waals surface area (Å²) in [6.45, 7) is 0. The molecule has 0 radical (unpaired) electrons. The number of nitrogens with one attached hydrogen (secondary N) is 1. The highest BCUT2D eigenvalue weighted by Gasteiger charge is 2.36. The molecule has 0 saturated carbocycles. The first-order valence-electron chi connectivity index (χ1n) is 9.99. The number of hydrogen-bond donors (Lipinski definition) is 2. The first-order valence-corrected chi connectivity index (χ1v) is 13.4. The van der Waals surface area contributed by atoms with Crippen molar-refractivity contribution in [1.29, 1.82) is 5.26 Å². The maximum absolute atomic E-state index is 13.7. The number of nitriles is 1. The third-order valence-corrected chi connectivity index (χ3v) is 8.65. The van der Waals surface area contributed by atoms with Gasteiger partial charge < -0.3 is 11.1 Å². The van der Waals surface area contributed by atoms with Crippen molar-refractivity contribution >= 4 is 79.0 Å². The second-order valence-corrected chi connectivity index (χ2v) is 11.2. The van der Waals surface area contributed by atoms with Crippen LogP contribution in [0.4, 0.5) is 5.69 Å². The SMILES string of the molecule is N#CC1=C(N)n2c(s/c(=C\c3cccs3)c2=O)=C(C(=O)Nc2ccc(Br)cc2)C1c1cccs1. The molecule has 1 unspecified atom stereocenters. The summed E-state index contributed by atoms with van der Waals surface area (Å²) in [6.07, 6.45) is 1.78. The monoisotopic (exact) mass is 566 g/mol. The lowest BCUT2D eigenvalue weighted by atomic mass is 9.88. The Kier molecular flexibility index (Phi) is 6.10. The van der Waals surface area contributed by atoms with Crippen LogP contribution in [0.25, 0.3) is 17.5 Å². The average molecular weight is 568 g/mol. The van der Waals surface area contributed by atoms with Crippen molar-refractivity contribution in [2.45, 2.75) is 5.92 Å². The van der Waals surface area contributed by atoms with Gasteiger partial charge in [-0.1, -0.05) is 28.1 Å². The van der Waals surface area contributed by atoms with Crippen LogP contribution in [0.5, 0.6) is 0 Å². The summed E-state index contributed by atoms with van der Waals surface area (Å²) in [6, 6.07) is 16.9. The van der Waals surface area contributed by atoms with Crippen LogP contribution in [-0.2, 0) is 4.79 Å². The van der Waals surface area contributed by atoms with Crippen molar-refractivity contribution < 1.29 is 4.79 Å². The standard InChI is InChI=1S/C24H15BrN4O2S3/c25-13-5-7-14(8-6-13)28-22(30)20-19(17-4-2-10-33-17)16(12-26)21(27)29-23(31)18(34-24(20)29)11-15-3-1-9-32-15/h1-11,19H,27H2,(H,28,30)/b18-11-. The maximum Gasteiger partial charge on any atom is 0.274 e. The van der Waals surface area contributed by atoms with Crippen LogP contribution in [0.3, 0.4) is 0 Å². The van der Waals surface area contributed by atoms with Crippen molar-refractivity contribution in [3.63, 3.8) is 0 Å². The number of benzene rings is 1. The van der Waals surface area contributed by atoms with E-state index < -0.39 is 11.8 Å². The Morgan fingerprint density at radius 3 is 2.53 bits per heavy atom. The molecule has 0 saturated heterocycles. The Labute approximate surface area is 214 Å². The molecule has 0 bridgehead atoms. The molecule has 6 nitrogen and oxygen atoms in total. The Morgan fingerprint density at radius 1 is 1.15 bits per heavy atom. The topological polar surface area (TPSA) is 101 Å². The number of carbonyl (C=O) groups excluding carboxylic acids is 1. The van der Waals surface area contributed by atoms with Gasteiger partial charge in [0, 0.05) is 19.9 Å². The summed E-state index contributed by atoms with van der Waals surface area (Å²) in [5.74, 6) is -1.00. The number of anilines is 1. The summed E-state index contributed by atoms with van der Waals surface area (Å²) in [4.78, 5) is 28.7. The summed E-state index contributed by atoms with van der Waals surface area (Å²) in [5.41, 5.74) is 7.14. The van der Waals surface area contributed by atoms with E-state index in [0.717, 1.165) is 14.2 Å². The molecule has 1 atom stereocenters. The number of halogens is 1. The molecule has 4 aromatic rings. The number of thiophene rings is 2. The Bertz CT molecular complexity index is 1640. The van der Waals surface area contributed by atoms with Crippen LogP contribution in [-0.4, -0.2) is 10.5 Å². The minimum Gasteiger partial charge on any atom is -0.384 e. The van der Waals surface area contributed by atoms with Crippen molar-refractivity contribution in [3.05, 3.63) is 98.6 Å². The third kappa shape index (κ3) is 3.97. The molecule has 5 rings (SSSR count). The Morgan fingerprint density at radius 2 is 1.88 bits per heavy atom. The van der Waals surface area contributed by atoms with Crippen LogP contribution in [0, 0.1) is 11.3 Å². The fraction of sp³-hybridized carbons (Fsp3) is 0.0417. The average Bonchev–Trinajstić information content (AvgIpc) is 3.58. The van der Waals surface area contributed by atoms with Gasteiger partial charge in [0.15, 0.2) is 0 Å². The van der Waals surface area contributed by atoms with E-state index in [9.17, 15) is 14.9 Å². The Hall–Kier alpha value is -3.23. The van der Waals surface area contributed by atoms with Gasteiger partial charge in [0.2, 0.25) is 0 Å². The smallest absolute Gasteiger partial charge is 0.274 e. The summed E-state index contributed by atoms with van der Waals surface area (Å²) in [7, 11) is 0. The van der Waals surface area contributed by atoms with Crippen LogP contribution < -0.4 is 25.8 Å². The normalized spacial score (nSPS) is 15.8. The van der Waals surface area contributed by atoms with Gasteiger partial charge in [-0.05, 0) is 53.2 Å². The summed E-state index contributed by atoms with van der Waals surface area (Å²) < 4.78 is 3.05. The zero-order chi connectivity index (χ0) is 23.8. The minimum atomic E-state index is -0.673. The quantitative estimate of drug-likeness (QED) is 0.391. The van der Waals surface area contributed by atoms with E-state index >= 15 is 0 Å². The zero-order valence-electron chi connectivity index (χ0n) is 17.3.